The highest BCUT2D eigenvalue weighted by atomic mass is 35.5. The van der Waals surface area contributed by atoms with Crippen LogP contribution in [0.1, 0.15) is 29.3 Å². The van der Waals surface area contributed by atoms with E-state index in [1.54, 1.807) is 23.0 Å². The number of halogens is 1. The van der Waals surface area contributed by atoms with Crippen molar-refractivity contribution in [1.82, 2.24) is 9.78 Å². The first-order valence-corrected chi connectivity index (χ1v) is 6.37. The Bertz CT molecular complexity index is 531. The number of carbonyl (C=O) groups excluding carboxylic acids is 1. The molecule has 0 aliphatic carbocycles. The van der Waals surface area contributed by atoms with Crippen LogP contribution in [0.5, 0.6) is 0 Å². The molecule has 0 unspecified atom stereocenters. The van der Waals surface area contributed by atoms with E-state index in [0.717, 1.165) is 18.5 Å². The predicted molar refractivity (Wildman–Crippen MR) is 72.0 cm³/mol. The second-order valence-electron chi connectivity index (χ2n) is 4.22. The van der Waals surface area contributed by atoms with Gasteiger partial charge in [0.05, 0.1) is 11.8 Å². The van der Waals surface area contributed by atoms with E-state index in [4.69, 9.17) is 11.6 Å². The van der Waals surface area contributed by atoms with Crippen molar-refractivity contribution in [3.05, 3.63) is 52.8 Å². The zero-order valence-electron chi connectivity index (χ0n) is 10.3. The van der Waals surface area contributed by atoms with Gasteiger partial charge in [-0.1, -0.05) is 30.7 Å². The third-order valence-corrected chi connectivity index (χ3v) is 2.94. The van der Waals surface area contributed by atoms with Gasteiger partial charge in [-0.05, 0) is 24.1 Å². The van der Waals surface area contributed by atoms with Crippen molar-refractivity contribution in [2.45, 2.75) is 26.3 Å². The number of carbonyl (C=O) groups is 1. The van der Waals surface area contributed by atoms with Crippen LogP contribution in [0.3, 0.4) is 0 Å². The topological polar surface area (TPSA) is 34.9 Å². The number of aryl methyl sites for hydroxylation is 1. The minimum atomic E-state index is 0.0830. The molecule has 1 heterocycles. The molecule has 0 saturated heterocycles. The van der Waals surface area contributed by atoms with Gasteiger partial charge in [-0.3, -0.25) is 9.48 Å². The van der Waals surface area contributed by atoms with Crippen LogP contribution in [0.4, 0.5) is 0 Å². The molecular weight excluding hydrogens is 248 g/mol. The van der Waals surface area contributed by atoms with Crippen LogP contribution in [-0.2, 0) is 13.0 Å². The lowest BCUT2D eigenvalue weighted by molar-refractivity contribution is 0.0993. The van der Waals surface area contributed by atoms with Crippen LogP contribution < -0.4 is 0 Å². The number of hydrogen-bond donors (Lipinski definition) is 0. The monoisotopic (exact) mass is 262 g/mol. The first-order valence-electron chi connectivity index (χ1n) is 5.99. The van der Waals surface area contributed by atoms with Crippen LogP contribution in [0.2, 0.25) is 5.02 Å². The summed E-state index contributed by atoms with van der Waals surface area (Å²) in [5.41, 5.74) is 1.63. The van der Waals surface area contributed by atoms with Crippen LogP contribution >= 0.6 is 11.6 Å². The van der Waals surface area contributed by atoms with E-state index in [2.05, 4.69) is 12.0 Å². The smallest absolute Gasteiger partial charge is 0.170 e. The molecule has 0 atom stereocenters. The molecule has 0 amide bonds. The zero-order chi connectivity index (χ0) is 13.0. The highest BCUT2D eigenvalue weighted by Crippen LogP contribution is 2.12. The first kappa shape index (κ1) is 12.8. The van der Waals surface area contributed by atoms with E-state index < -0.39 is 0 Å². The van der Waals surface area contributed by atoms with Crippen LogP contribution in [0.25, 0.3) is 0 Å². The lowest BCUT2D eigenvalue weighted by atomic mass is 10.1. The van der Waals surface area contributed by atoms with Crippen molar-refractivity contribution < 1.29 is 4.79 Å². The largest absolute Gasteiger partial charge is 0.294 e. The van der Waals surface area contributed by atoms with Gasteiger partial charge in [-0.2, -0.15) is 5.10 Å². The maximum Gasteiger partial charge on any atom is 0.170 e. The molecule has 0 spiro atoms. The minimum absolute atomic E-state index is 0.0830. The molecule has 0 saturated carbocycles. The summed E-state index contributed by atoms with van der Waals surface area (Å²) in [5.74, 6) is 0.0830. The Kier molecular flexibility index (Phi) is 4.15. The SMILES string of the molecule is CCCn1cc(C(=O)Cc2ccc(Cl)cc2)cn1. The van der Waals surface area contributed by atoms with Crippen molar-refractivity contribution in [3.8, 4) is 0 Å². The highest BCUT2D eigenvalue weighted by molar-refractivity contribution is 6.30. The molecule has 1 aromatic heterocycles. The molecule has 0 aliphatic heterocycles. The number of aromatic nitrogens is 2. The number of hydrogen-bond acceptors (Lipinski definition) is 2. The van der Waals surface area contributed by atoms with Gasteiger partial charge < -0.3 is 0 Å². The van der Waals surface area contributed by atoms with Gasteiger partial charge in [-0.25, -0.2) is 0 Å². The molecule has 0 radical (unpaired) electrons. The summed E-state index contributed by atoms with van der Waals surface area (Å²) in [6.45, 7) is 2.92. The Labute approximate surface area is 111 Å². The lowest BCUT2D eigenvalue weighted by Gasteiger charge is -1.99. The van der Waals surface area contributed by atoms with Crippen molar-refractivity contribution in [1.29, 1.82) is 0 Å². The van der Waals surface area contributed by atoms with Gasteiger partial charge in [-0.15, -0.1) is 0 Å². The fraction of sp³-hybridized carbons (Fsp3) is 0.286. The molecule has 0 bridgehead atoms. The minimum Gasteiger partial charge on any atom is -0.294 e. The molecule has 18 heavy (non-hydrogen) atoms. The molecule has 2 rings (SSSR count). The summed E-state index contributed by atoms with van der Waals surface area (Å²) >= 11 is 5.81. The summed E-state index contributed by atoms with van der Waals surface area (Å²) in [5, 5.41) is 4.84. The number of nitrogens with zero attached hydrogens (tertiary/aromatic N) is 2. The third-order valence-electron chi connectivity index (χ3n) is 2.69. The van der Waals surface area contributed by atoms with Gasteiger partial charge in [0.2, 0.25) is 0 Å². The van der Waals surface area contributed by atoms with Crippen LogP contribution in [0.15, 0.2) is 36.7 Å². The Hall–Kier alpha value is -1.61. The van der Waals surface area contributed by atoms with E-state index >= 15 is 0 Å². The fourth-order valence-electron chi connectivity index (χ4n) is 1.75. The van der Waals surface area contributed by atoms with Crippen molar-refractivity contribution >= 4 is 17.4 Å². The molecule has 3 nitrogen and oxygen atoms in total. The van der Waals surface area contributed by atoms with Crippen molar-refractivity contribution in [2.75, 3.05) is 0 Å². The normalized spacial score (nSPS) is 10.6. The predicted octanol–water partition coefficient (Wildman–Crippen LogP) is 3.37. The maximum absolute atomic E-state index is 12.0. The number of ketones is 1. The van der Waals surface area contributed by atoms with E-state index in [1.807, 2.05) is 18.3 Å². The number of rotatable bonds is 5. The summed E-state index contributed by atoms with van der Waals surface area (Å²) < 4.78 is 1.80. The second kappa shape index (κ2) is 5.83. The molecule has 4 heteroatoms. The van der Waals surface area contributed by atoms with E-state index in [-0.39, 0.29) is 5.78 Å². The average Bonchev–Trinajstić information content (AvgIpc) is 2.81. The van der Waals surface area contributed by atoms with E-state index in [9.17, 15) is 4.79 Å². The number of benzene rings is 1. The van der Waals surface area contributed by atoms with E-state index in [0.29, 0.717) is 17.0 Å². The summed E-state index contributed by atoms with van der Waals surface area (Å²) in [4.78, 5) is 12.0. The Balaban J connectivity index is 2.04. The Morgan fingerprint density at radius 1 is 1.33 bits per heavy atom. The lowest BCUT2D eigenvalue weighted by Crippen LogP contribution is -2.02. The molecular formula is C14H15ClN2O. The average molecular weight is 263 g/mol. The first-order chi connectivity index (χ1) is 8.69. The Morgan fingerprint density at radius 2 is 2.06 bits per heavy atom. The van der Waals surface area contributed by atoms with Gasteiger partial charge in [0.15, 0.2) is 5.78 Å². The van der Waals surface area contributed by atoms with Crippen LogP contribution in [0, 0.1) is 0 Å². The van der Waals surface area contributed by atoms with E-state index in [1.165, 1.54) is 0 Å². The summed E-state index contributed by atoms with van der Waals surface area (Å²) in [6, 6.07) is 7.34. The third kappa shape index (κ3) is 3.20. The molecule has 94 valence electrons. The highest BCUT2D eigenvalue weighted by Gasteiger charge is 2.09. The van der Waals surface area contributed by atoms with Gasteiger partial charge in [0.1, 0.15) is 0 Å². The van der Waals surface area contributed by atoms with Gasteiger partial charge in [0, 0.05) is 24.2 Å². The molecule has 1 aromatic carbocycles. The zero-order valence-corrected chi connectivity index (χ0v) is 11.0. The Morgan fingerprint density at radius 3 is 2.72 bits per heavy atom. The standard InChI is InChI=1S/C14H15ClN2O/c1-2-7-17-10-12(9-16-17)14(18)8-11-3-5-13(15)6-4-11/h3-6,9-10H,2,7-8H2,1H3. The number of Topliss-reactive ketones (excluding diaryl/α,β-unsaturated/α-hetero) is 1. The van der Waals surface area contributed by atoms with Crippen LogP contribution in [-0.4, -0.2) is 15.6 Å². The molecule has 0 aliphatic rings. The molecule has 0 N–H and O–H groups in total. The van der Waals surface area contributed by atoms with Gasteiger partial charge >= 0.3 is 0 Å². The van der Waals surface area contributed by atoms with Gasteiger partial charge in [0.25, 0.3) is 0 Å². The van der Waals surface area contributed by atoms with Crippen molar-refractivity contribution in [3.63, 3.8) is 0 Å². The molecule has 0 fully saturated rings. The summed E-state index contributed by atoms with van der Waals surface area (Å²) in [6.07, 6.45) is 4.83. The summed E-state index contributed by atoms with van der Waals surface area (Å²) in [7, 11) is 0. The maximum atomic E-state index is 12.0. The fourth-order valence-corrected chi connectivity index (χ4v) is 1.87. The molecule has 2 aromatic rings. The van der Waals surface area contributed by atoms with Crippen molar-refractivity contribution in [2.24, 2.45) is 0 Å². The quantitative estimate of drug-likeness (QED) is 0.775. The second-order valence-corrected chi connectivity index (χ2v) is 4.65.